The number of nitrogens with two attached hydrogens (primary N) is 1. The molecule has 9 nitrogen and oxygen atoms in total. The summed E-state index contributed by atoms with van der Waals surface area (Å²) < 4.78 is 20.8. The number of fused-ring (bicyclic) bond motifs is 1. The molecule has 0 aliphatic heterocycles. The van der Waals surface area contributed by atoms with Gasteiger partial charge in [-0.25, -0.2) is 13.9 Å². The molecule has 3 aromatic carbocycles. The number of carbonyl (C=O) groups is 2. The maximum absolute atomic E-state index is 13.5. The maximum Gasteiger partial charge on any atom is 0.324 e. The van der Waals surface area contributed by atoms with Crippen LogP contribution in [0.4, 0.5) is 20.7 Å². The Labute approximate surface area is 246 Å². The number of anilines is 2. The quantitative estimate of drug-likeness (QED) is 0.190. The molecule has 0 radical (unpaired) electrons. The Hall–Kier alpha value is -4.96. The fourth-order valence-corrected chi connectivity index (χ4v) is 4.54. The highest BCUT2D eigenvalue weighted by atomic mass is 35.5. The summed E-state index contributed by atoms with van der Waals surface area (Å²) in [6.07, 6.45) is 2.49. The standard InChI is InChI=1S/C31H28ClFN6O3/c1-31(2,3)27-15-29(39(38-27)21-10-18-6-4-5-7-24(18)19(11-21)12-28(34)40)37-30(41)36-26-14-22(8-9-25(26)32)42-23-13-20(33)16-35-17-23/h4-11,13-17H,12H2,1-3H3,(H2,34,40)(H2,36,37,41). The van der Waals surface area contributed by atoms with E-state index in [0.29, 0.717) is 17.3 Å². The van der Waals surface area contributed by atoms with E-state index in [1.807, 2.05) is 57.2 Å². The molecule has 0 saturated heterocycles. The van der Waals surface area contributed by atoms with Crippen molar-refractivity contribution in [1.82, 2.24) is 14.8 Å². The van der Waals surface area contributed by atoms with Gasteiger partial charge in [-0.15, -0.1) is 0 Å². The van der Waals surface area contributed by atoms with E-state index in [1.54, 1.807) is 22.9 Å². The van der Waals surface area contributed by atoms with Crippen molar-refractivity contribution in [3.05, 3.63) is 101 Å². The van der Waals surface area contributed by atoms with Crippen LogP contribution >= 0.6 is 11.6 Å². The minimum atomic E-state index is -0.582. The summed E-state index contributed by atoms with van der Waals surface area (Å²) in [6, 6.07) is 18.5. The normalized spacial score (nSPS) is 11.4. The number of benzene rings is 3. The molecule has 0 aliphatic rings. The number of halogens is 2. The first-order valence-electron chi connectivity index (χ1n) is 13.0. The smallest absolute Gasteiger partial charge is 0.324 e. The number of urea groups is 1. The predicted octanol–water partition coefficient (Wildman–Crippen LogP) is 6.97. The zero-order valence-electron chi connectivity index (χ0n) is 23.1. The molecule has 42 heavy (non-hydrogen) atoms. The molecule has 0 saturated carbocycles. The SMILES string of the molecule is CC(C)(C)c1cc(NC(=O)Nc2cc(Oc3cncc(F)c3)ccc2Cl)n(-c2cc(CC(N)=O)c3ccccc3c2)n1. The van der Waals surface area contributed by atoms with Gasteiger partial charge in [0.2, 0.25) is 5.91 Å². The molecule has 5 rings (SSSR count). The number of primary amides is 1. The monoisotopic (exact) mass is 586 g/mol. The lowest BCUT2D eigenvalue weighted by Crippen LogP contribution is -2.21. The van der Waals surface area contributed by atoms with E-state index in [-0.39, 0.29) is 28.3 Å². The Kier molecular flexibility index (Phi) is 7.82. The second-order valence-corrected chi connectivity index (χ2v) is 11.1. The summed E-state index contributed by atoms with van der Waals surface area (Å²) in [5, 5.41) is 12.5. The van der Waals surface area contributed by atoms with Gasteiger partial charge in [0.05, 0.1) is 40.9 Å². The number of nitrogens with zero attached hydrogens (tertiary/aromatic N) is 3. The van der Waals surface area contributed by atoms with Crippen LogP contribution < -0.4 is 21.1 Å². The molecule has 11 heteroatoms. The minimum Gasteiger partial charge on any atom is -0.456 e. The van der Waals surface area contributed by atoms with Crippen LogP contribution in [0.1, 0.15) is 32.0 Å². The van der Waals surface area contributed by atoms with Crippen molar-refractivity contribution >= 4 is 45.8 Å². The fourth-order valence-electron chi connectivity index (χ4n) is 4.38. The van der Waals surface area contributed by atoms with Crippen molar-refractivity contribution in [2.75, 3.05) is 10.6 Å². The lowest BCUT2D eigenvalue weighted by atomic mass is 9.92. The molecule has 0 spiro atoms. The summed E-state index contributed by atoms with van der Waals surface area (Å²) in [7, 11) is 0. The van der Waals surface area contributed by atoms with Gasteiger partial charge in [-0.2, -0.15) is 5.10 Å². The summed E-state index contributed by atoms with van der Waals surface area (Å²) in [5.41, 5.74) is 7.61. The summed E-state index contributed by atoms with van der Waals surface area (Å²) >= 11 is 6.35. The molecule has 0 aliphatic carbocycles. The number of carbonyl (C=O) groups excluding carboxylic acids is 2. The number of pyridine rings is 1. The fraction of sp³-hybridized carbons (Fsp3) is 0.161. The first kappa shape index (κ1) is 28.6. The van der Waals surface area contributed by atoms with Crippen molar-refractivity contribution in [1.29, 1.82) is 0 Å². The Bertz CT molecular complexity index is 1810. The maximum atomic E-state index is 13.5. The number of amides is 3. The minimum absolute atomic E-state index is 0.0492. The Morgan fingerprint density at radius 1 is 1.00 bits per heavy atom. The van der Waals surface area contributed by atoms with Gasteiger partial charge < -0.3 is 15.8 Å². The molecule has 3 amide bonds. The summed E-state index contributed by atoms with van der Waals surface area (Å²) in [6.45, 7) is 6.05. The molecular weight excluding hydrogens is 559 g/mol. The van der Waals surface area contributed by atoms with Crippen LogP contribution in [0.25, 0.3) is 16.5 Å². The molecule has 0 fully saturated rings. The molecule has 4 N–H and O–H groups in total. The van der Waals surface area contributed by atoms with E-state index in [4.69, 9.17) is 27.2 Å². The highest BCUT2D eigenvalue weighted by Gasteiger charge is 2.22. The Morgan fingerprint density at radius 3 is 2.52 bits per heavy atom. The second kappa shape index (κ2) is 11.5. The highest BCUT2D eigenvalue weighted by Crippen LogP contribution is 2.32. The highest BCUT2D eigenvalue weighted by molar-refractivity contribution is 6.33. The Morgan fingerprint density at radius 2 is 1.79 bits per heavy atom. The van der Waals surface area contributed by atoms with Gasteiger partial charge in [-0.3, -0.25) is 15.1 Å². The lowest BCUT2D eigenvalue weighted by Gasteiger charge is -2.15. The number of nitrogens with one attached hydrogen (secondary N) is 2. The average molecular weight is 587 g/mol. The van der Waals surface area contributed by atoms with Gasteiger partial charge in [-0.1, -0.05) is 56.6 Å². The van der Waals surface area contributed by atoms with Crippen LogP contribution in [0, 0.1) is 5.82 Å². The summed E-state index contributed by atoms with van der Waals surface area (Å²) in [4.78, 5) is 28.8. The van der Waals surface area contributed by atoms with E-state index in [1.165, 1.54) is 18.3 Å². The Balaban J connectivity index is 1.46. The van der Waals surface area contributed by atoms with Crippen molar-refractivity contribution in [2.45, 2.75) is 32.6 Å². The van der Waals surface area contributed by atoms with Crippen LogP contribution in [0.15, 0.2) is 79.1 Å². The first-order chi connectivity index (χ1) is 20.0. The van der Waals surface area contributed by atoms with E-state index >= 15 is 0 Å². The third kappa shape index (κ3) is 6.50. The zero-order chi connectivity index (χ0) is 30.0. The molecule has 0 bridgehead atoms. The predicted molar refractivity (Wildman–Crippen MR) is 161 cm³/mol. The van der Waals surface area contributed by atoms with E-state index in [0.717, 1.165) is 28.2 Å². The van der Waals surface area contributed by atoms with Crippen LogP contribution in [0.2, 0.25) is 5.02 Å². The molecule has 0 unspecified atom stereocenters. The molecule has 0 atom stereocenters. The average Bonchev–Trinajstić information content (AvgIpc) is 3.34. The largest absolute Gasteiger partial charge is 0.456 e. The topological polar surface area (TPSA) is 124 Å². The van der Waals surface area contributed by atoms with Crippen LogP contribution in [0.3, 0.4) is 0 Å². The number of hydrogen-bond donors (Lipinski definition) is 3. The van der Waals surface area contributed by atoms with Gasteiger partial charge >= 0.3 is 6.03 Å². The molecule has 2 aromatic heterocycles. The van der Waals surface area contributed by atoms with E-state index < -0.39 is 17.8 Å². The van der Waals surface area contributed by atoms with Crippen LogP contribution in [-0.2, 0) is 16.6 Å². The third-order valence-electron chi connectivity index (χ3n) is 6.36. The van der Waals surface area contributed by atoms with E-state index in [2.05, 4.69) is 15.6 Å². The zero-order valence-corrected chi connectivity index (χ0v) is 23.9. The number of hydrogen-bond acceptors (Lipinski definition) is 5. The molecule has 5 aromatic rings. The molecule has 2 heterocycles. The van der Waals surface area contributed by atoms with Crippen LogP contribution in [-0.4, -0.2) is 26.7 Å². The van der Waals surface area contributed by atoms with Gasteiger partial charge in [0, 0.05) is 23.6 Å². The van der Waals surface area contributed by atoms with Crippen molar-refractivity contribution in [3.63, 3.8) is 0 Å². The third-order valence-corrected chi connectivity index (χ3v) is 6.69. The number of aromatic nitrogens is 3. The van der Waals surface area contributed by atoms with Crippen molar-refractivity contribution in [2.24, 2.45) is 5.73 Å². The van der Waals surface area contributed by atoms with Gasteiger partial charge in [0.25, 0.3) is 0 Å². The number of ether oxygens (including phenoxy) is 1. The number of rotatable bonds is 7. The molecule has 214 valence electrons. The van der Waals surface area contributed by atoms with Crippen molar-refractivity contribution < 1.29 is 18.7 Å². The second-order valence-electron chi connectivity index (χ2n) is 10.7. The lowest BCUT2D eigenvalue weighted by molar-refractivity contribution is -0.117. The molecular formula is C31H28ClFN6O3. The van der Waals surface area contributed by atoms with Gasteiger partial charge in [-0.05, 0) is 40.6 Å². The summed E-state index contributed by atoms with van der Waals surface area (Å²) in [5.74, 6) is -0.0916. The first-order valence-corrected chi connectivity index (χ1v) is 13.4. The van der Waals surface area contributed by atoms with Crippen molar-refractivity contribution in [3.8, 4) is 17.2 Å². The van der Waals surface area contributed by atoms with Gasteiger partial charge in [0.15, 0.2) is 0 Å². The van der Waals surface area contributed by atoms with Gasteiger partial charge in [0.1, 0.15) is 23.1 Å². The van der Waals surface area contributed by atoms with Crippen LogP contribution in [0.5, 0.6) is 11.5 Å². The van der Waals surface area contributed by atoms with E-state index in [9.17, 15) is 14.0 Å².